The van der Waals surface area contributed by atoms with E-state index in [-0.39, 0.29) is 23.1 Å². The summed E-state index contributed by atoms with van der Waals surface area (Å²) < 4.78 is 59.0. The van der Waals surface area contributed by atoms with Crippen LogP contribution in [0.15, 0.2) is 36.5 Å². The maximum atomic E-state index is 13.0. The number of alkyl halides is 4. The Balaban J connectivity index is 2.32. The van der Waals surface area contributed by atoms with Gasteiger partial charge in [-0.05, 0) is 18.2 Å². The van der Waals surface area contributed by atoms with Crippen LogP contribution in [-0.4, -0.2) is 11.3 Å². The first-order valence-electron chi connectivity index (χ1n) is 5.62. The van der Waals surface area contributed by atoms with Gasteiger partial charge >= 0.3 is 6.36 Å². The summed E-state index contributed by atoms with van der Waals surface area (Å²) in [6.07, 6.45) is -3.98. The molecule has 112 valence electrons. The highest BCUT2D eigenvalue weighted by Crippen LogP contribution is 2.35. The van der Waals surface area contributed by atoms with Crippen LogP contribution in [0.1, 0.15) is 5.56 Å². The van der Waals surface area contributed by atoms with Gasteiger partial charge in [-0.2, -0.15) is 0 Å². The monoisotopic (exact) mass is 321 g/mol. The Hall–Kier alpha value is -2.02. The molecule has 0 aliphatic heterocycles. The van der Waals surface area contributed by atoms with Gasteiger partial charge in [-0.3, -0.25) is 0 Å². The lowest BCUT2D eigenvalue weighted by molar-refractivity contribution is -0.275. The van der Waals surface area contributed by atoms with Crippen molar-refractivity contribution in [2.45, 2.75) is 12.2 Å². The van der Waals surface area contributed by atoms with Gasteiger partial charge < -0.3 is 9.47 Å². The number of halogens is 5. The molecule has 0 aliphatic carbocycles. The Morgan fingerprint density at radius 2 is 1.81 bits per heavy atom. The third-order valence-corrected chi connectivity index (χ3v) is 2.61. The second-order valence-electron chi connectivity index (χ2n) is 3.85. The van der Waals surface area contributed by atoms with Crippen molar-refractivity contribution in [2.75, 3.05) is 0 Å². The molecule has 1 heterocycles. The molecule has 1 aromatic carbocycles. The van der Waals surface area contributed by atoms with Gasteiger partial charge in [0.15, 0.2) is 11.5 Å². The van der Waals surface area contributed by atoms with Crippen LogP contribution in [0.25, 0.3) is 0 Å². The zero-order valence-electron chi connectivity index (χ0n) is 10.3. The summed E-state index contributed by atoms with van der Waals surface area (Å²) in [5.41, 5.74) is 0.207. The molecule has 0 saturated carbocycles. The fourth-order valence-electron chi connectivity index (χ4n) is 1.50. The van der Waals surface area contributed by atoms with Crippen molar-refractivity contribution in [2.24, 2.45) is 0 Å². The zero-order chi connectivity index (χ0) is 15.5. The van der Waals surface area contributed by atoms with E-state index in [9.17, 15) is 17.6 Å². The van der Waals surface area contributed by atoms with Crippen LogP contribution in [0.2, 0.25) is 0 Å². The highest BCUT2D eigenvalue weighted by molar-refractivity contribution is 6.17. The van der Waals surface area contributed by atoms with Crippen molar-refractivity contribution in [3.05, 3.63) is 47.9 Å². The average molecular weight is 322 g/mol. The highest BCUT2D eigenvalue weighted by Gasteiger charge is 2.32. The minimum atomic E-state index is -4.86. The quantitative estimate of drug-likeness (QED) is 0.606. The molecule has 3 nitrogen and oxygen atoms in total. The van der Waals surface area contributed by atoms with Crippen LogP contribution in [0.4, 0.5) is 17.6 Å². The second kappa shape index (κ2) is 6.17. The van der Waals surface area contributed by atoms with E-state index >= 15 is 0 Å². The number of aromatic nitrogens is 1. The van der Waals surface area contributed by atoms with Crippen molar-refractivity contribution in [1.82, 2.24) is 4.98 Å². The van der Waals surface area contributed by atoms with Crippen molar-refractivity contribution >= 4 is 11.6 Å². The topological polar surface area (TPSA) is 31.4 Å². The third kappa shape index (κ3) is 4.22. The van der Waals surface area contributed by atoms with E-state index in [1.54, 1.807) is 0 Å². The molecule has 1 aromatic heterocycles. The number of hydrogen-bond donors (Lipinski definition) is 0. The number of rotatable bonds is 4. The normalized spacial score (nSPS) is 11.3. The van der Waals surface area contributed by atoms with Gasteiger partial charge in [0, 0.05) is 5.56 Å². The smallest absolute Gasteiger partial charge is 0.435 e. The molecule has 0 aliphatic rings. The molecule has 0 atom stereocenters. The van der Waals surface area contributed by atoms with Gasteiger partial charge in [-0.15, -0.1) is 24.8 Å². The Labute approximate surface area is 122 Å². The van der Waals surface area contributed by atoms with E-state index in [0.29, 0.717) is 0 Å². The van der Waals surface area contributed by atoms with Crippen molar-refractivity contribution < 1.29 is 27.0 Å². The fraction of sp³-hybridized carbons (Fsp3) is 0.154. The molecule has 2 aromatic rings. The molecule has 21 heavy (non-hydrogen) atoms. The molecule has 0 unspecified atom stereocenters. The fourth-order valence-corrected chi connectivity index (χ4v) is 1.70. The minimum absolute atomic E-state index is 0.0929. The van der Waals surface area contributed by atoms with Crippen LogP contribution in [-0.2, 0) is 5.88 Å². The maximum absolute atomic E-state index is 13.0. The van der Waals surface area contributed by atoms with Crippen molar-refractivity contribution in [3.8, 4) is 17.4 Å². The largest absolute Gasteiger partial charge is 0.573 e. The summed E-state index contributed by atoms with van der Waals surface area (Å²) in [5.74, 6) is -1.57. The van der Waals surface area contributed by atoms with Crippen LogP contribution >= 0.6 is 11.6 Å². The maximum Gasteiger partial charge on any atom is 0.573 e. The van der Waals surface area contributed by atoms with E-state index < -0.39 is 17.9 Å². The molecular weight excluding hydrogens is 314 g/mol. The summed E-state index contributed by atoms with van der Waals surface area (Å²) in [4.78, 5) is 3.66. The SMILES string of the molecule is Fc1cnc(Oc2ccccc2OC(F)(F)F)c(CCl)c1. The lowest BCUT2D eigenvalue weighted by atomic mass is 10.3. The molecular formula is C13H8ClF4NO2. The first-order chi connectivity index (χ1) is 9.89. The van der Waals surface area contributed by atoms with E-state index in [1.807, 2.05) is 0 Å². The summed E-state index contributed by atoms with van der Waals surface area (Å²) in [6, 6.07) is 6.26. The number of hydrogen-bond acceptors (Lipinski definition) is 3. The molecule has 0 radical (unpaired) electrons. The van der Waals surface area contributed by atoms with Crippen LogP contribution in [0.5, 0.6) is 17.4 Å². The molecule has 0 amide bonds. The van der Waals surface area contributed by atoms with Gasteiger partial charge in [0.05, 0.1) is 12.1 Å². The van der Waals surface area contributed by atoms with E-state index in [0.717, 1.165) is 18.3 Å². The molecule has 0 spiro atoms. The van der Waals surface area contributed by atoms with Gasteiger partial charge in [0.25, 0.3) is 0 Å². The number of para-hydroxylation sites is 2. The number of pyridine rings is 1. The van der Waals surface area contributed by atoms with Gasteiger partial charge in [-0.1, -0.05) is 12.1 Å². The summed E-state index contributed by atoms with van der Waals surface area (Å²) in [6.45, 7) is 0. The van der Waals surface area contributed by atoms with E-state index in [4.69, 9.17) is 16.3 Å². The lowest BCUT2D eigenvalue weighted by Gasteiger charge is -2.14. The predicted octanol–water partition coefficient (Wildman–Crippen LogP) is 4.65. The van der Waals surface area contributed by atoms with E-state index in [1.165, 1.54) is 18.2 Å². The first kappa shape index (κ1) is 15.4. The van der Waals surface area contributed by atoms with Crippen LogP contribution in [0, 0.1) is 5.82 Å². The number of benzene rings is 1. The minimum Gasteiger partial charge on any atom is -0.435 e. The van der Waals surface area contributed by atoms with Gasteiger partial charge in [0.2, 0.25) is 5.88 Å². The van der Waals surface area contributed by atoms with Gasteiger partial charge in [0.1, 0.15) is 5.82 Å². The molecule has 0 N–H and O–H groups in total. The van der Waals surface area contributed by atoms with E-state index in [2.05, 4.69) is 9.72 Å². The zero-order valence-corrected chi connectivity index (χ0v) is 11.1. The Morgan fingerprint density at radius 1 is 1.14 bits per heavy atom. The Bertz CT molecular complexity index is 634. The number of nitrogens with zero attached hydrogens (tertiary/aromatic N) is 1. The lowest BCUT2D eigenvalue weighted by Crippen LogP contribution is -2.17. The first-order valence-corrected chi connectivity index (χ1v) is 6.15. The van der Waals surface area contributed by atoms with Gasteiger partial charge in [-0.25, -0.2) is 9.37 Å². The Kier molecular flexibility index (Phi) is 4.52. The van der Waals surface area contributed by atoms with Crippen LogP contribution < -0.4 is 9.47 Å². The molecule has 0 saturated heterocycles. The Morgan fingerprint density at radius 3 is 2.43 bits per heavy atom. The predicted molar refractivity (Wildman–Crippen MR) is 67.0 cm³/mol. The van der Waals surface area contributed by atoms with Crippen LogP contribution in [0.3, 0.4) is 0 Å². The molecule has 2 rings (SSSR count). The standard InChI is InChI=1S/C13H8ClF4NO2/c14-6-8-5-9(15)7-19-12(8)20-10-3-1-2-4-11(10)21-13(16,17)18/h1-5,7H,6H2. The van der Waals surface area contributed by atoms with Crippen molar-refractivity contribution in [1.29, 1.82) is 0 Å². The molecule has 8 heteroatoms. The summed E-state index contributed by atoms with van der Waals surface area (Å²) in [7, 11) is 0. The molecule has 0 bridgehead atoms. The summed E-state index contributed by atoms with van der Waals surface area (Å²) >= 11 is 5.62. The highest BCUT2D eigenvalue weighted by atomic mass is 35.5. The number of ether oxygens (including phenoxy) is 2. The molecule has 0 fully saturated rings. The third-order valence-electron chi connectivity index (χ3n) is 2.32. The second-order valence-corrected chi connectivity index (χ2v) is 4.12. The average Bonchev–Trinajstić information content (AvgIpc) is 2.41. The summed E-state index contributed by atoms with van der Waals surface area (Å²) in [5, 5.41) is 0. The van der Waals surface area contributed by atoms with Crippen molar-refractivity contribution in [3.63, 3.8) is 0 Å².